The smallest absolute Gasteiger partial charge is 0.462 e. The Bertz CT molecular complexity index is 1290. The van der Waals surface area contributed by atoms with Crippen LogP contribution in [0.15, 0.2) is 59.3 Å². The molecule has 0 saturated carbocycles. The van der Waals surface area contributed by atoms with E-state index in [2.05, 4.69) is 71.1 Å². The van der Waals surface area contributed by atoms with Crippen LogP contribution in [0.25, 0.3) is 0 Å². The highest BCUT2D eigenvalue weighted by molar-refractivity contribution is 7.47. The summed E-state index contributed by atoms with van der Waals surface area (Å²) in [5.41, 5.74) is 3.72. The van der Waals surface area contributed by atoms with Crippen LogP contribution >= 0.6 is 7.82 Å². The number of ether oxygens (including phenoxy) is 2. The quantitative estimate of drug-likeness (QED) is 0.0279. The molecule has 2 atom stereocenters. The highest BCUT2D eigenvalue weighted by Crippen LogP contribution is 2.43. The first-order valence-electron chi connectivity index (χ1n) is 25.7. The van der Waals surface area contributed by atoms with Gasteiger partial charge in [0.05, 0.1) is 13.2 Å². The van der Waals surface area contributed by atoms with Gasteiger partial charge in [0.1, 0.15) is 6.61 Å². The predicted molar refractivity (Wildman–Crippen MR) is 267 cm³/mol. The maximum Gasteiger partial charge on any atom is 0.472 e. The standard InChI is InChI=1S/C54H97O8P/c1-7-9-11-13-15-17-19-21-23-25-27-29-31-33-35-43-53(55)59-47-52(62-54(56)44-36-34-32-30-28-26-24-22-20-18-16-14-12-10-8-2)48-61-63(57,58)60-46-45-51(6)42-38-41-50(5)40-37-39-49(3)4/h21-24,39,41,45,52H,7-20,25-38,40,42-44,46-48H2,1-6H3,(H,57,58)/b23-21-,24-22-,50-41-,51-45-/t52-/m1/s1. The number of carbonyl (C=O) groups is 2. The first kappa shape index (κ1) is 60.8. The van der Waals surface area contributed by atoms with Crippen molar-refractivity contribution in [3.8, 4) is 0 Å². The summed E-state index contributed by atoms with van der Waals surface area (Å²) in [5.74, 6) is -0.823. The van der Waals surface area contributed by atoms with E-state index in [9.17, 15) is 19.0 Å². The molecule has 0 aromatic heterocycles. The van der Waals surface area contributed by atoms with Gasteiger partial charge in [-0.05, 0) is 118 Å². The van der Waals surface area contributed by atoms with Crippen molar-refractivity contribution in [2.24, 2.45) is 0 Å². The molecule has 0 aromatic carbocycles. The summed E-state index contributed by atoms with van der Waals surface area (Å²) in [5, 5.41) is 0. The number of hydrogen-bond acceptors (Lipinski definition) is 7. The Morgan fingerprint density at radius 1 is 0.476 bits per heavy atom. The summed E-state index contributed by atoms with van der Waals surface area (Å²) >= 11 is 0. The molecular formula is C54H97O8P. The fourth-order valence-electron chi connectivity index (χ4n) is 7.13. The van der Waals surface area contributed by atoms with E-state index in [-0.39, 0.29) is 32.0 Å². The van der Waals surface area contributed by atoms with Crippen LogP contribution in [0.5, 0.6) is 0 Å². The van der Waals surface area contributed by atoms with Gasteiger partial charge in [-0.25, -0.2) is 4.57 Å². The molecule has 0 saturated heterocycles. The molecular weight excluding hydrogens is 808 g/mol. The van der Waals surface area contributed by atoms with Crippen molar-refractivity contribution in [1.82, 2.24) is 0 Å². The van der Waals surface area contributed by atoms with E-state index in [1.54, 1.807) is 6.08 Å². The normalized spacial score (nSPS) is 13.8. The Labute approximate surface area is 388 Å². The summed E-state index contributed by atoms with van der Waals surface area (Å²) < 4.78 is 34.4. The summed E-state index contributed by atoms with van der Waals surface area (Å²) in [4.78, 5) is 35.9. The topological polar surface area (TPSA) is 108 Å². The molecule has 1 N–H and O–H groups in total. The fourth-order valence-corrected chi connectivity index (χ4v) is 7.82. The summed E-state index contributed by atoms with van der Waals surface area (Å²) in [7, 11) is -4.46. The minimum absolute atomic E-state index is 0.0895. The van der Waals surface area contributed by atoms with Crippen LogP contribution < -0.4 is 0 Å². The molecule has 0 bridgehead atoms. The van der Waals surface area contributed by atoms with Crippen molar-refractivity contribution in [2.75, 3.05) is 19.8 Å². The molecule has 0 rings (SSSR count). The van der Waals surface area contributed by atoms with Crippen molar-refractivity contribution in [2.45, 2.75) is 253 Å². The molecule has 366 valence electrons. The van der Waals surface area contributed by atoms with Gasteiger partial charge in [-0.3, -0.25) is 18.6 Å². The first-order chi connectivity index (χ1) is 30.5. The Morgan fingerprint density at radius 2 is 0.889 bits per heavy atom. The number of rotatable bonds is 45. The lowest BCUT2D eigenvalue weighted by molar-refractivity contribution is -0.161. The van der Waals surface area contributed by atoms with Crippen LogP contribution in [0.3, 0.4) is 0 Å². The number of carbonyl (C=O) groups excluding carboxylic acids is 2. The predicted octanol–water partition coefficient (Wildman–Crippen LogP) is 17.1. The van der Waals surface area contributed by atoms with Crippen LogP contribution in [0, 0.1) is 0 Å². The summed E-state index contributed by atoms with van der Waals surface area (Å²) in [6.45, 7) is 12.1. The zero-order chi connectivity index (χ0) is 46.5. The Balaban J connectivity index is 4.72. The second-order valence-electron chi connectivity index (χ2n) is 18.0. The highest BCUT2D eigenvalue weighted by atomic mass is 31.2. The van der Waals surface area contributed by atoms with E-state index in [0.717, 1.165) is 102 Å². The number of unbranched alkanes of at least 4 members (excludes halogenated alkanes) is 22. The maximum absolute atomic E-state index is 12.8. The van der Waals surface area contributed by atoms with Gasteiger partial charge < -0.3 is 14.4 Å². The molecule has 0 spiro atoms. The third-order valence-electron chi connectivity index (χ3n) is 11.2. The average Bonchev–Trinajstić information content (AvgIpc) is 3.24. The largest absolute Gasteiger partial charge is 0.472 e. The van der Waals surface area contributed by atoms with Gasteiger partial charge in [0.2, 0.25) is 0 Å². The molecule has 0 radical (unpaired) electrons. The van der Waals surface area contributed by atoms with Crippen molar-refractivity contribution in [1.29, 1.82) is 0 Å². The second kappa shape index (κ2) is 44.9. The molecule has 0 aliphatic heterocycles. The van der Waals surface area contributed by atoms with E-state index in [1.165, 1.54) is 101 Å². The third kappa shape index (κ3) is 46.1. The molecule has 9 heteroatoms. The van der Waals surface area contributed by atoms with Crippen molar-refractivity contribution in [3.63, 3.8) is 0 Å². The SMILES string of the molecule is CCCCCCCC/C=C\CCCCCCCC(=O)OC[C@H](COP(=O)(O)OC/C=C(/C)CC/C=C(/C)CCC=C(C)C)OC(=O)CCCCCCC/C=C\CCCCCCCC. The van der Waals surface area contributed by atoms with Crippen LogP contribution in [-0.4, -0.2) is 42.8 Å². The molecule has 0 fully saturated rings. The van der Waals surface area contributed by atoms with E-state index in [1.807, 2.05) is 6.92 Å². The van der Waals surface area contributed by atoms with Gasteiger partial charge >= 0.3 is 19.8 Å². The van der Waals surface area contributed by atoms with Gasteiger partial charge in [0.25, 0.3) is 0 Å². The van der Waals surface area contributed by atoms with Gasteiger partial charge in [0, 0.05) is 12.8 Å². The zero-order valence-electron chi connectivity index (χ0n) is 41.6. The van der Waals surface area contributed by atoms with Gasteiger partial charge in [-0.2, -0.15) is 0 Å². The number of phosphoric ester groups is 1. The van der Waals surface area contributed by atoms with Crippen LogP contribution in [-0.2, 0) is 32.7 Å². The minimum Gasteiger partial charge on any atom is -0.462 e. The maximum atomic E-state index is 12.8. The van der Waals surface area contributed by atoms with Crippen LogP contribution in [0.4, 0.5) is 0 Å². The van der Waals surface area contributed by atoms with Crippen molar-refractivity contribution >= 4 is 19.8 Å². The van der Waals surface area contributed by atoms with Gasteiger partial charge in [-0.1, -0.05) is 176 Å². The molecule has 0 aromatic rings. The first-order valence-corrected chi connectivity index (χ1v) is 27.2. The monoisotopic (exact) mass is 905 g/mol. The third-order valence-corrected chi connectivity index (χ3v) is 12.2. The fraction of sp³-hybridized carbons (Fsp3) is 0.778. The van der Waals surface area contributed by atoms with Crippen molar-refractivity contribution < 1.29 is 37.6 Å². The van der Waals surface area contributed by atoms with Gasteiger partial charge in [-0.15, -0.1) is 0 Å². The van der Waals surface area contributed by atoms with Gasteiger partial charge in [0.15, 0.2) is 6.10 Å². The second-order valence-corrected chi connectivity index (χ2v) is 19.4. The number of allylic oxidation sites excluding steroid dienone is 9. The highest BCUT2D eigenvalue weighted by Gasteiger charge is 2.26. The van der Waals surface area contributed by atoms with Crippen LogP contribution in [0.1, 0.15) is 247 Å². The molecule has 0 heterocycles. The molecule has 0 amide bonds. The molecule has 63 heavy (non-hydrogen) atoms. The number of phosphoric acid groups is 1. The lowest BCUT2D eigenvalue weighted by Crippen LogP contribution is -2.29. The van der Waals surface area contributed by atoms with E-state index >= 15 is 0 Å². The average molecular weight is 905 g/mol. The number of hydrogen-bond donors (Lipinski definition) is 1. The minimum atomic E-state index is -4.46. The lowest BCUT2D eigenvalue weighted by atomic mass is 10.1. The molecule has 8 nitrogen and oxygen atoms in total. The van der Waals surface area contributed by atoms with E-state index in [0.29, 0.717) is 6.42 Å². The Kier molecular flexibility index (Phi) is 43.3. The number of esters is 2. The Morgan fingerprint density at radius 3 is 1.37 bits per heavy atom. The summed E-state index contributed by atoms with van der Waals surface area (Å²) in [6.07, 6.45) is 49.2. The molecule has 1 unspecified atom stereocenters. The summed E-state index contributed by atoms with van der Waals surface area (Å²) in [6, 6.07) is 0. The molecule has 0 aliphatic rings. The Hall–Kier alpha value is -2.25. The van der Waals surface area contributed by atoms with Crippen molar-refractivity contribution in [3.05, 3.63) is 59.3 Å². The van der Waals surface area contributed by atoms with E-state index in [4.69, 9.17) is 18.5 Å². The van der Waals surface area contributed by atoms with Crippen LogP contribution in [0.2, 0.25) is 0 Å². The zero-order valence-corrected chi connectivity index (χ0v) is 42.5. The molecule has 0 aliphatic carbocycles. The lowest BCUT2D eigenvalue weighted by Gasteiger charge is -2.19. The van der Waals surface area contributed by atoms with E-state index < -0.39 is 26.5 Å².